The van der Waals surface area contributed by atoms with Crippen LogP contribution in [0.25, 0.3) is 0 Å². The van der Waals surface area contributed by atoms with E-state index < -0.39 is 0 Å². The fourth-order valence-electron chi connectivity index (χ4n) is 1.92. The summed E-state index contributed by atoms with van der Waals surface area (Å²) in [5.41, 5.74) is 1.30. The zero-order chi connectivity index (χ0) is 11.8. The summed E-state index contributed by atoms with van der Waals surface area (Å²) in [6.07, 6.45) is 2.34. The maximum atomic E-state index is 5.57. The molecule has 0 amide bonds. The largest absolute Gasteiger partial charge is 0.380 e. The van der Waals surface area contributed by atoms with Crippen LogP contribution in [0.3, 0.4) is 0 Å². The molecule has 0 aliphatic heterocycles. The van der Waals surface area contributed by atoms with E-state index in [4.69, 9.17) is 4.74 Å². The number of rotatable bonds is 8. The second-order valence-corrected chi connectivity index (χ2v) is 4.42. The Hall–Kier alpha value is -0.340. The average molecular weight is 213 g/mol. The first-order valence-corrected chi connectivity index (χ1v) is 5.99. The highest BCUT2D eigenvalue weighted by atomic mass is 16.5. The van der Waals surface area contributed by atoms with Crippen LogP contribution in [0.5, 0.6) is 0 Å². The molecule has 2 heteroatoms. The molecule has 0 aliphatic carbocycles. The third-order valence-electron chi connectivity index (χ3n) is 2.80. The fourth-order valence-corrected chi connectivity index (χ4v) is 1.92. The second-order valence-electron chi connectivity index (χ2n) is 4.42. The van der Waals surface area contributed by atoms with E-state index in [9.17, 15) is 0 Å². The minimum Gasteiger partial charge on any atom is -0.380 e. The highest BCUT2D eigenvalue weighted by Gasteiger charge is 2.23. The Morgan fingerprint density at radius 3 is 2.27 bits per heavy atom. The van der Waals surface area contributed by atoms with Gasteiger partial charge in [0.15, 0.2) is 0 Å². The summed E-state index contributed by atoms with van der Waals surface area (Å²) in [6, 6.07) is 0.396. The zero-order valence-corrected chi connectivity index (χ0v) is 11.0. The van der Waals surface area contributed by atoms with E-state index in [-0.39, 0.29) is 6.10 Å². The molecule has 0 radical (unpaired) electrons. The zero-order valence-electron chi connectivity index (χ0n) is 11.0. The maximum absolute atomic E-state index is 5.57. The molecule has 2 nitrogen and oxygen atoms in total. The molecule has 0 spiro atoms. The summed E-state index contributed by atoms with van der Waals surface area (Å²) in [5, 5.41) is 3.49. The smallest absolute Gasteiger partial charge is 0.0750 e. The van der Waals surface area contributed by atoms with E-state index in [0.29, 0.717) is 12.0 Å². The van der Waals surface area contributed by atoms with Gasteiger partial charge in [0.25, 0.3) is 0 Å². The molecule has 0 aromatic heterocycles. The minimum absolute atomic E-state index is 0.272. The van der Waals surface area contributed by atoms with Gasteiger partial charge in [-0.3, -0.25) is 0 Å². The van der Waals surface area contributed by atoms with Crippen molar-refractivity contribution in [3.63, 3.8) is 0 Å². The van der Waals surface area contributed by atoms with Crippen molar-refractivity contribution in [3.8, 4) is 0 Å². The quantitative estimate of drug-likeness (QED) is 0.626. The molecule has 1 N–H and O–H groups in total. The number of ether oxygens (including phenoxy) is 1. The van der Waals surface area contributed by atoms with Gasteiger partial charge < -0.3 is 10.1 Å². The Labute approximate surface area is 95.1 Å². The average Bonchev–Trinajstić information content (AvgIpc) is 2.18. The van der Waals surface area contributed by atoms with Gasteiger partial charge in [-0.1, -0.05) is 39.8 Å². The number of hydrogen-bond donors (Lipinski definition) is 1. The van der Waals surface area contributed by atoms with Crippen molar-refractivity contribution in [2.45, 2.75) is 52.7 Å². The minimum atomic E-state index is 0.272. The number of methoxy groups -OCH3 is 1. The van der Waals surface area contributed by atoms with Gasteiger partial charge >= 0.3 is 0 Å². The molecule has 0 aliphatic rings. The summed E-state index contributed by atoms with van der Waals surface area (Å²) in [6.45, 7) is 13.7. The number of likely N-dealkylation sites (N-methyl/N-ethyl adjacent to an activating group) is 1. The van der Waals surface area contributed by atoms with Crippen molar-refractivity contribution >= 4 is 0 Å². The monoisotopic (exact) mass is 213 g/mol. The molecule has 0 rings (SSSR count). The SMILES string of the molecule is C=C(CC)CC(NCC)C(OC)C(C)C. The molecule has 0 aromatic carbocycles. The molecular formula is C13H27NO. The molecule has 2 unspecified atom stereocenters. The van der Waals surface area contributed by atoms with Crippen LogP contribution in [0.2, 0.25) is 0 Å². The Morgan fingerprint density at radius 2 is 1.93 bits per heavy atom. The summed E-state index contributed by atoms with van der Waals surface area (Å²) >= 11 is 0. The van der Waals surface area contributed by atoms with Crippen LogP contribution in [0, 0.1) is 5.92 Å². The molecule has 0 heterocycles. The molecule has 0 bridgehead atoms. The predicted molar refractivity (Wildman–Crippen MR) is 67.1 cm³/mol. The van der Waals surface area contributed by atoms with Crippen molar-refractivity contribution in [1.82, 2.24) is 5.32 Å². The van der Waals surface area contributed by atoms with Gasteiger partial charge in [0.05, 0.1) is 6.10 Å². The van der Waals surface area contributed by atoms with Crippen molar-refractivity contribution < 1.29 is 4.74 Å². The van der Waals surface area contributed by atoms with Gasteiger partial charge in [-0.2, -0.15) is 0 Å². The molecule has 0 fully saturated rings. The van der Waals surface area contributed by atoms with Gasteiger partial charge in [0.2, 0.25) is 0 Å². The second kappa shape index (κ2) is 7.89. The molecule has 0 saturated heterocycles. The predicted octanol–water partition coefficient (Wildman–Crippen LogP) is 2.99. The van der Waals surface area contributed by atoms with Gasteiger partial charge in [0.1, 0.15) is 0 Å². The third kappa shape index (κ3) is 5.33. The molecular weight excluding hydrogens is 186 g/mol. The van der Waals surface area contributed by atoms with Crippen LogP contribution in [0.1, 0.15) is 40.5 Å². The topological polar surface area (TPSA) is 21.3 Å². The van der Waals surface area contributed by atoms with Gasteiger partial charge in [0, 0.05) is 13.2 Å². The molecule has 15 heavy (non-hydrogen) atoms. The lowest BCUT2D eigenvalue weighted by Crippen LogP contribution is -2.43. The molecule has 2 atom stereocenters. The Balaban J connectivity index is 4.39. The van der Waals surface area contributed by atoms with E-state index in [0.717, 1.165) is 19.4 Å². The van der Waals surface area contributed by atoms with Gasteiger partial charge in [-0.15, -0.1) is 0 Å². The summed E-state index contributed by atoms with van der Waals surface area (Å²) in [4.78, 5) is 0. The highest BCUT2D eigenvalue weighted by molar-refractivity contribution is 4.99. The van der Waals surface area contributed by atoms with Gasteiger partial charge in [-0.05, 0) is 25.3 Å². The van der Waals surface area contributed by atoms with Crippen molar-refractivity contribution in [2.75, 3.05) is 13.7 Å². The first kappa shape index (κ1) is 14.7. The Kier molecular flexibility index (Phi) is 7.71. The lowest BCUT2D eigenvalue weighted by Gasteiger charge is -2.30. The van der Waals surface area contributed by atoms with Crippen LogP contribution in [0.15, 0.2) is 12.2 Å². The molecule has 0 aromatic rings. The highest BCUT2D eigenvalue weighted by Crippen LogP contribution is 2.17. The van der Waals surface area contributed by atoms with Crippen LogP contribution >= 0.6 is 0 Å². The van der Waals surface area contributed by atoms with E-state index in [2.05, 4.69) is 39.6 Å². The first-order chi connectivity index (χ1) is 7.06. The van der Waals surface area contributed by atoms with Crippen LogP contribution in [0.4, 0.5) is 0 Å². The van der Waals surface area contributed by atoms with Crippen LogP contribution < -0.4 is 5.32 Å². The first-order valence-electron chi connectivity index (χ1n) is 5.99. The lowest BCUT2D eigenvalue weighted by atomic mass is 9.93. The summed E-state index contributed by atoms with van der Waals surface area (Å²) < 4.78 is 5.57. The Bertz CT molecular complexity index is 177. The normalized spacial score (nSPS) is 15.3. The Morgan fingerprint density at radius 1 is 1.33 bits per heavy atom. The molecule has 90 valence electrons. The van der Waals surface area contributed by atoms with Crippen molar-refractivity contribution in [3.05, 3.63) is 12.2 Å². The molecule has 0 saturated carbocycles. The van der Waals surface area contributed by atoms with E-state index >= 15 is 0 Å². The van der Waals surface area contributed by atoms with Gasteiger partial charge in [-0.25, -0.2) is 0 Å². The lowest BCUT2D eigenvalue weighted by molar-refractivity contribution is 0.0335. The fraction of sp³-hybridized carbons (Fsp3) is 0.846. The summed E-state index contributed by atoms with van der Waals surface area (Å²) in [7, 11) is 1.80. The van der Waals surface area contributed by atoms with Crippen LogP contribution in [-0.2, 0) is 4.74 Å². The maximum Gasteiger partial charge on any atom is 0.0750 e. The number of hydrogen-bond acceptors (Lipinski definition) is 2. The number of nitrogens with one attached hydrogen (secondary N) is 1. The third-order valence-corrected chi connectivity index (χ3v) is 2.80. The standard InChI is InChI=1S/C13H27NO/c1-7-11(5)9-12(14-8-2)13(15-6)10(3)4/h10,12-14H,5,7-9H2,1-4,6H3. The van der Waals surface area contributed by atoms with E-state index in [1.807, 2.05) is 0 Å². The van der Waals surface area contributed by atoms with Crippen LogP contribution in [-0.4, -0.2) is 25.8 Å². The van der Waals surface area contributed by atoms with E-state index in [1.54, 1.807) is 7.11 Å². The van der Waals surface area contributed by atoms with Crippen molar-refractivity contribution in [1.29, 1.82) is 0 Å². The summed E-state index contributed by atoms with van der Waals surface area (Å²) in [5.74, 6) is 0.531. The van der Waals surface area contributed by atoms with Crippen molar-refractivity contribution in [2.24, 2.45) is 5.92 Å². The van der Waals surface area contributed by atoms with E-state index in [1.165, 1.54) is 5.57 Å².